The summed E-state index contributed by atoms with van der Waals surface area (Å²) in [6.07, 6.45) is 3.06. The lowest BCUT2D eigenvalue weighted by molar-refractivity contribution is -0.135. The predicted octanol–water partition coefficient (Wildman–Crippen LogP) is 1.31. The maximum absolute atomic E-state index is 12.2. The molecule has 1 saturated heterocycles. The summed E-state index contributed by atoms with van der Waals surface area (Å²) in [4.78, 5) is 18.1. The molecule has 118 valence electrons. The Morgan fingerprint density at radius 1 is 1.45 bits per heavy atom. The Morgan fingerprint density at radius 3 is 2.64 bits per heavy atom. The van der Waals surface area contributed by atoms with Crippen LogP contribution in [-0.2, 0) is 4.79 Å². The normalized spacial score (nSPS) is 17.1. The van der Waals surface area contributed by atoms with Gasteiger partial charge >= 0.3 is 0 Å². The zero-order valence-corrected chi connectivity index (χ0v) is 13.0. The highest BCUT2D eigenvalue weighted by molar-refractivity contribution is 5.82. The number of rotatable bonds is 4. The fourth-order valence-electron chi connectivity index (χ4n) is 2.38. The second kappa shape index (κ2) is 7.23. The first-order valence-corrected chi connectivity index (χ1v) is 7.58. The minimum Gasteiger partial charge on any atom is -0.474 e. The Balaban J connectivity index is 1.84. The molecule has 1 aliphatic rings. The third-order valence-electron chi connectivity index (χ3n) is 3.91. The number of carbonyl (C=O) groups is 1. The number of pyridine rings is 1. The molecular weight excluding hydrogens is 280 g/mol. The number of aromatic nitrogens is 1. The van der Waals surface area contributed by atoms with E-state index in [4.69, 9.17) is 15.7 Å². The average molecular weight is 302 g/mol. The van der Waals surface area contributed by atoms with Crippen molar-refractivity contribution in [3.05, 3.63) is 23.9 Å². The standard InChI is InChI=1S/C16H22N4O2/c1-11(2)15(18)16(21)20-7-5-13(6-8-20)22-14-4-3-12(9-17)10-19-14/h3-4,10-11,13,15H,5-8,18H2,1-2H3/t15-/m0/s1. The molecule has 1 fully saturated rings. The van der Waals surface area contributed by atoms with Gasteiger partial charge in [-0.15, -0.1) is 0 Å². The second-order valence-electron chi connectivity index (χ2n) is 5.91. The number of carbonyl (C=O) groups excluding carboxylic acids is 1. The molecule has 1 aliphatic heterocycles. The smallest absolute Gasteiger partial charge is 0.239 e. The molecule has 0 unspecified atom stereocenters. The molecule has 22 heavy (non-hydrogen) atoms. The van der Waals surface area contributed by atoms with E-state index in [0.717, 1.165) is 12.8 Å². The molecular formula is C16H22N4O2. The van der Waals surface area contributed by atoms with Crippen molar-refractivity contribution in [3.8, 4) is 11.9 Å². The lowest BCUT2D eigenvalue weighted by atomic mass is 10.0. The van der Waals surface area contributed by atoms with Gasteiger partial charge in [-0.2, -0.15) is 5.26 Å². The number of nitrogens with two attached hydrogens (primary N) is 1. The Hall–Kier alpha value is -2.13. The zero-order chi connectivity index (χ0) is 16.1. The van der Waals surface area contributed by atoms with Crippen LogP contribution in [0.25, 0.3) is 0 Å². The van der Waals surface area contributed by atoms with Crippen molar-refractivity contribution < 1.29 is 9.53 Å². The number of nitrogens with zero attached hydrogens (tertiary/aromatic N) is 3. The van der Waals surface area contributed by atoms with Gasteiger partial charge in [0.2, 0.25) is 11.8 Å². The fraction of sp³-hybridized carbons (Fsp3) is 0.562. The van der Waals surface area contributed by atoms with Gasteiger partial charge in [0.15, 0.2) is 0 Å². The van der Waals surface area contributed by atoms with Gasteiger partial charge < -0.3 is 15.4 Å². The van der Waals surface area contributed by atoms with Gasteiger partial charge in [0.1, 0.15) is 12.2 Å². The number of ether oxygens (including phenoxy) is 1. The molecule has 2 heterocycles. The monoisotopic (exact) mass is 302 g/mol. The molecule has 1 aromatic heterocycles. The average Bonchev–Trinajstić information content (AvgIpc) is 2.55. The van der Waals surface area contributed by atoms with Crippen LogP contribution < -0.4 is 10.5 Å². The Bertz CT molecular complexity index is 542. The molecule has 0 spiro atoms. The third kappa shape index (κ3) is 3.95. The maximum atomic E-state index is 12.2. The van der Waals surface area contributed by atoms with Crippen LogP contribution in [0.1, 0.15) is 32.3 Å². The number of amides is 1. The van der Waals surface area contributed by atoms with Crippen LogP contribution in [0.4, 0.5) is 0 Å². The summed E-state index contributed by atoms with van der Waals surface area (Å²) in [5.74, 6) is 0.678. The van der Waals surface area contributed by atoms with E-state index in [2.05, 4.69) is 4.98 Å². The van der Waals surface area contributed by atoms with E-state index in [0.29, 0.717) is 24.5 Å². The minimum atomic E-state index is -0.433. The molecule has 0 aromatic carbocycles. The number of hydrogen-bond donors (Lipinski definition) is 1. The van der Waals surface area contributed by atoms with Crippen LogP contribution in [0.5, 0.6) is 5.88 Å². The van der Waals surface area contributed by atoms with Crippen molar-refractivity contribution in [2.45, 2.75) is 38.8 Å². The molecule has 0 bridgehead atoms. The minimum absolute atomic E-state index is 0.0185. The van der Waals surface area contributed by atoms with Crippen LogP contribution in [0, 0.1) is 17.2 Å². The van der Waals surface area contributed by atoms with Gasteiger partial charge in [-0.25, -0.2) is 4.98 Å². The fourth-order valence-corrected chi connectivity index (χ4v) is 2.38. The first kappa shape index (κ1) is 16.2. The van der Waals surface area contributed by atoms with E-state index in [-0.39, 0.29) is 17.9 Å². The highest BCUT2D eigenvalue weighted by Crippen LogP contribution is 2.18. The van der Waals surface area contributed by atoms with Gasteiger partial charge in [-0.1, -0.05) is 13.8 Å². The second-order valence-corrected chi connectivity index (χ2v) is 5.91. The Labute approximate surface area is 130 Å². The Morgan fingerprint density at radius 2 is 2.14 bits per heavy atom. The summed E-state index contributed by atoms with van der Waals surface area (Å²) in [7, 11) is 0. The van der Waals surface area contributed by atoms with Crippen LogP contribution in [0.2, 0.25) is 0 Å². The molecule has 1 atom stereocenters. The number of likely N-dealkylation sites (tertiary alicyclic amines) is 1. The van der Waals surface area contributed by atoms with Crippen LogP contribution >= 0.6 is 0 Å². The summed E-state index contributed by atoms with van der Waals surface area (Å²) in [6.45, 7) is 5.21. The molecule has 1 aromatic rings. The van der Waals surface area contributed by atoms with Crippen molar-refractivity contribution in [1.29, 1.82) is 5.26 Å². The molecule has 0 saturated carbocycles. The van der Waals surface area contributed by atoms with Gasteiger partial charge in [-0.3, -0.25) is 4.79 Å². The SMILES string of the molecule is CC(C)[C@H](N)C(=O)N1CCC(Oc2ccc(C#N)cn2)CC1. The first-order chi connectivity index (χ1) is 10.5. The van der Waals surface area contributed by atoms with E-state index in [9.17, 15) is 4.79 Å². The number of nitriles is 1. The summed E-state index contributed by atoms with van der Waals surface area (Å²) in [5.41, 5.74) is 6.43. The summed E-state index contributed by atoms with van der Waals surface area (Å²) < 4.78 is 5.80. The lowest BCUT2D eigenvalue weighted by Gasteiger charge is -2.34. The highest BCUT2D eigenvalue weighted by Gasteiger charge is 2.28. The maximum Gasteiger partial charge on any atom is 0.239 e. The van der Waals surface area contributed by atoms with E-state index < -0.39 is 6.04 Å². The molecule has 0 radical (unpaired) electrons. The van der Waals surface area contributed by atoms with Gasteiger partial charge in [0.05, 0.1) is 11.6 Å². The Kier molecular flexibility index (Phi) is 5.34. The van der Waals surface area contributed by atoms with Gasteiger partial charge in [-0.05, 0) is 12.0 Å². The molecule has 2 N–H and O–H groups in total. The quantitative estimate of drug-likeness (QED) is 0.905. The van der Waals surface area contributed by atoms with E-state index in [1.807, 2.05) is 24.8 Å². The van der Waals surface area contributed by atoms with Crippen LogP contribution in [0.3, 0.4) is 0 Å². The largest absolute Gasteiger partial charge is 0.474 e. The molecule has 2 rings (SSSR count). The first-order valence-electron chi connectivity index (χ1n) is 7.58. The summed E-state index contributed by atoms with van der Waals surface area (Å²) >= 11 is 0. The van der Waals surface area contributed by atoms with Crippen molar-refractivity contribution >= 4 is 5.91 Å². The predicted molar refractivity (Wildman–Crippen MR) is 82.0 cm³/mol. The molecule has 6 nitrogen and oxygen atoms in total. The van der Waals surface area contributed by atoms with Gasteiger partial charge in [0, 0.05) is 38.2 Å². The van der Waals surface area contributed by atoms with E-state index in [1.54, 1.807) is 12.1 Å². The molecule has 1 amide bonds. The molecule has 6 heteroatoms. The van der Waals surface area contributed by atoms with Crippen molar-refractivity contribution in [2.75, 3.05) is 13.1 Å². The zero-order valence-electron chi connectivity index (χ0n) is 13.0. The molecule has 0 aliphatic carbocycles. The van der Waals surface area contributed by atoms with Crippen LogP contribution in [0.15, 0.2) is 18.3 Å². The topological polar surface area (TPSA) is 92.2 Å². The highest BCUT2D eigenvalue weighted by atomic mass is 16.5. The van der Waals surface area contributed by atoms with Crippen LogP contribution in [-0.4, -0.2) is 41.0 Å². The van der Waals surface area contributed by atoms with Crippen molar-refractivity contribution in [3.63, 3.8) is 0 Å². The van der Waals surface area contributed by atoms with E-state index >= 15 is 0 Å². The van der Waals surface area contributed by atoms with Gasteiger partial charge in [0.25, 0.3) is 0 Å². The number of hydrogen-bond acceptors (Lipinski definition) is 5. The van der Waals surface area contributed by atoms with Crippen molar-refractivity contribution in [1.82, 2.24) is 9.88 Å². The summed E-state index contributed by atoms with van der Waals surface area (Å²) in [5, 5.41) is 8.74. The van der Waals surface area contributed by atoms with Crippen molar-refractivity contribution in [2.24, 2.45) is 11.7 Å². The third-order valence-corrected chi connectivity index (χ3v) is 3.91. The lowest BCUT2D eigenvalue weighted by Crippen LogP contribution is -2.50. The summed E-state index contributed by atoms with van der Waals surface area (Å²) in [6, 6.07) is 4.97. The van der Waals surface area contributed by atoms with E-state index in [1.165, 1.54) is 6.20 Å². The number of piperidine rings is 1.